The molecule has 4 heteroatoms. The molecule has 0 aromatic rings. The van der Waals surface area contributed by atoms with Gasteiger partial charge in [-0.1, -0.05) is 20.4 Å². The third-order valence-corrected chi connectivity index (χ3v) is 6.56. The molecule has 1 heterocycles. The van der Waals surface area contributed by atoms with Crippen molar-refractivity contribution in [2.45, 2.75) is 51.6 Å². The molecule has 2 saturated carbocycles. The zero-order chi connectivity index (χ0) is 14.7. The molecular weight excluding hydrogens is 256 g/mol. The Labute approximate surface area is 120 Å². The number of aliphatic hydroxyl groups excluding tert-OH is 2. The molecule has 0 radical (unpaired) electrons. The van der Waals surface area contributed by atoms with Crippen LogP contribution in [0.1, 0.15) is 33.1 Å². The first-order valence-corrected chi connectivity index (χ1v) is 7.57. The molecule has 0 amide bonds. The Morgan fingerprint density at radius 2 is 2.05 bits per heavy atom. The van der Waals surface area contributed by atoms with E-state index >= 15 is 0 Å². The van der Waals surface area contributed by atoms with Crippen LogP contribution in [0.25, 0.3) is 0 Å². The third kappa shape index (κ3) is 1.51. The topological polar surface area (TPSA) is 58.9 Å². The zero-order valence-electron chi connectivity index (χ0n) is 12.6. The number of rotatable bonds is 1. The van der Waals surface area contributed by atoms with Gasteiger partial charge in [0.1, 0.15) is 0 Å². The molecule has 2 aliphatic carbocycles. The van der Waals surface area contributed by atoms with E-state index in [0.717, 1.165) is 18.4 Å². The Morgan fingerprint density at radius 3 is 2.65 bits per heavy atom. The Bertz CT molecular complexity index is 423. The van der Waals surface area contributed by atoms with Gasteiger partial charge in [0.2, 0.25) is 0 Å². The monoisotopic (exact) mass is 282 g/mol. The van der Waals surface area contributed by atoms with Crippen molar-refractivity contribution in [2.24, 2.45) is 22.7 Å². The lowest BCUT2D eigenvalue weighted by Crippen LogP contribution is -2.51. The van der Waals surface area contributed by atoms with Crippen LogP contribution in [0.15, 0.2) is 12.2 Å². The van der Waals surface area contributed by atoms with Crippen molar-refractivity contribution < 1.29 is 19.7 Å². The molecule has 4 nitrogen and oxygen atoms in total. The van der Waals surface area contributed by atoms with Gasteiger partial charge in [0.05, 0.1) is 24.2 Å². The largest absolute Gasteiger partial charge is 0.393 e. The highest BCUT2D eigenvalue weighted by Gasteiger charge is 2.69. The van der Waals surface area contributed by atoms with E-state index < -0.39 is 17.8 Å². The first-order chi connectivity index (χ1) is 9.38. The summed E-state index contributed by atoms with van der Waals surface area (Å²) >= 11 is 0. The molecule has 20 heavy (non-hydrogen) atoms. The van der Waals surface area contributed by atoms with Crippen LogP contribution >= 0.6 is 0 Å². The highest BCUT2D eigenvalue weighted by molar-refractivity contribution is 5.28. The van der Waals surface area contributed by atoms with Gasteiger partial charge in [-0.2, -0.15) is 0 Å². The van der Waals surface area contributed by atoms with E-state index in [1.165, 1.54) is 0 Å². The first kappa shape index (κ1) is 14.5. The molecule has 2 N–H and O–H groups in total. The van der Waals surface area contributed by atoms with E-state index in [9.17, 15) is 10.2 Å². The molecule has 0 aromatic carbocycles. The predicted octanol–water partition coefficient (Wildman–Crippen LogP) is 1.71. The summed E-state index contributed by atoms with van der Waals surface area (Å²) in [6.07, 6.45) is 1.09. The summed E-state index contributed by atoms with van der Waals surface area (Å²) in [5.74, 6) is 0.452. The van der Waals surface area contributed by atoms with Crippen LogP contribution in [0.5, 0.6) is 0 Å². The minimum absolute atomic E-state index is 0.0809. The molecule has 0 unspecified atom stereocenters. The second kappa shape index (κ2) is 4.54. The fourth-order valence-electron chi connectivity index (χ4n) is 5.04. The number of fused-ring (bicyclic) bond motifs is 1. The number of methoxy groups -OCH3 is 1. The molecule has 3 rings (SSSR count). The minimum atomic E-state index is -0.579. The highest BCUT2D eigenvalue weighted by atomic mass is 16.7. The maximum atomic E-state index is 11.2. The van der Waals surface area contributed by atoms with E-state index in [2.05, 4.69) is 20.4 Å². The molecule has 114 valence electrons. The number of ether oxygens (including phenoxy) is 2. The van der Waals surface area contributed by atoms with E-state index in [0.29, 0.717) is 18.9 Å². The summed E-state index contributed by atoms with van der Waals surface area (Å²) in [7, 11) is 1.61. The van der Waals surface area contributed by atoms with Gasteiger partial charge < -0.3 is 19.7 Å². The first-order valence-electron chi connectivity index (χ1n) is 7.57. The summed E-state index contributed by atoms with van der Waals surface area (Å²) in [4.78, 5) is 0. The van der Waals surface area contributed by atoms with Crippen molar-refractivity contribution >= 4 is 0 Å². The average Bonchev–Trinajstić information content (AvgIpc) is 2.87. The van der Waals surface area contributed by atoms with Crippen molar-refractivity contribution in [1.29, 1.82) is 0 Å². The third-order valence-electron chi connectivity index (χ3n) is 6.56. The highest BCUT2D eigenvalue weighted by Crippen LogP contribution is 2.66. The molecule has 0 aromatic heterocycles. The molecule has 0 bridgehead atoms. The van der Waals surface area contributed by atoms with Crippen LogP contribution in [0, 0.1) is 22.7 Å². The van der Waals surface area contributed by atoms with E-state index in [1.807, 2.05) is 0 Å². The lowest BCUT2D eigenvalue weighted by Gasteiger charge is -2.47. The maximum absolute atomic E-state index is 11.2. The Balaban J connectivity index is 2.06. The van der Waals surface area contributed by atoms with E-state index in [-0.39, 0.29) is 17.4 Å². The molecular formula is C16H26O4. The number of aliphatic hydroxyl groups is 2. The molecule has 1 saturated heterocycles. The lowest BCUT2D eigenvalue weighted by atomic mass is 9.60. The lowest BCUT2D eigenvalue weighted by molar-refractivity contribution is -0.175. The summed E-state index contributed by atoms with van der Waals surface area (Å²) in [6, 6.07) is 0. The second-order valence-electron chi connectivity index (χ2n) is 7.15. The maximum Gasteiger partial charge on any atom is 0.169 e. The van der Waals surface area contributed by atoms with Crippen LogP contribution in [-0.2, 0) is 9.47 Å². The fourth-order valence-corrected chi connectivity index (χ4v) is 5.04. The van der Waals surface area contributed by atoms with Crippen LogP contribution in [0.2, 0.25) is 0 Å². The molecule has 1 spiro atoms. The Hall–Kier alpha value is -0.420. The SMILES string of the molecule is C=C1CO[C@@H](OC)[C@]12C[C@@H]1[C@H](O)CC[C@@H](C)[C@]1(C)[C@H]2O. The molecule has 7 atom stereocenters. The van der Waals surface area contributed by atoms with Crippen molar-refractivity contribution in [3.05, 3.63) is 12.2 Å². The minimum Gasteiger partial charge on any atom is -0.393 e. The summed E-state index contributed by atoms with van der Waals surface area (Å²) < 4.78 is 11.2. The van der Waals surface area contributed by atoms with Gasteiger partial charge >= 0.3 is 0 Å². The van der Waals surface area contributed by atoms with Crippen molar-refractivity contribution in [2.75, 3.05) is 13.7 Å². The van der Waals surface area contributed by atoms with Gasteiger partial charge in [0.15, 0.2) is 6.29 Å². The summed E-state index contributed by atoms with van der Waals surface area (Å²) in [6.45, 7) is 8.86. The second-order valence-corrected chi connectivity index (χ2v) is 7.15. The predicted molar refractivity (Wildman–Crippen MR) is 74.9 cm³/mol. The van der Waals surface area contributed by atoms with E-state index in [1.54, 1.807) is 7.11 Å². The van der Waals surface area contributed by atoms with Gasteiger partial charge in [-0.25, -0.2) is 0 Å². The standard InChI is InChI=1S/C16H26O4/c1-9-5-6-12(17)11-7-16(13(18)15(9,11)3)10(2)8-20-14(16)19-4/h9,11-14,17-18H,2,5-8H2,1,3-4H3/t9-,11-,12-,13-,14-,15+,16-/m1/s1. The summed E-state index contributed by atoms with van der Waals surface area (Å²) in [5.41, 5.74) is 0.0469. The van der Waals surface area contributed by atoms with E-state index in [4.69, 9.17) is 9.47 Å². The fraction of sp³-hybridized carbons (Fsp3) is 0.875. The quantitative estimate of drug-likeness (QED) is 0.719. The van der Waals surface area contributed by atoms with Crippen LogP contribution in [0.3, 0.4) is 0 Å². The Morgan fingerprint density at radius 1 is 1.35 bits per heavy atom. The molecule has 1 aliphatic heterocycles. The number of hydrogen-bond donors (Lipinski definition) is 2. The van der Waals surface area contributed by atoms with Crippen molar-refractivity contribution in [3.8, 4) is 0 Å². The average molecular weight is 282 g/mol. The normalized spacial score (nSPS) is 55.5. The van der Waals surface area contributed by atoms with Crippen LogP contribution < -0.4 is 0 Å². The molecule has 3 aliphatic rings. The van der Waals surface area contributed by atoms with Gasteiger partial charge in [-0.05, 0) is 36.7 Å². The van der Waals surface area contributed by atoms with Crippen molar-refractivity contribution in [1.82, 2.24) is 0 Å². The summed E-state index contributed by atoms with van der Waals surface area (Å²) in [5, 5.41) is 21.6. The van der Waals surface area contributed by atoms with Gasteiger partial charge in [0.25, 0.3) is 0 Å². The number of hydrogen-bond acceptors (Lipinski definition) is 4. The van der Waals surface area contributed by atoms with Crippen LogP contribution in [-0.4, -0.2) is 42.4 Å². The Kier molecular flexibility index (Phi) is 3.29. The van der Waals surface area contributed by atoms with Gasteiger partial charge in [0, 0.05) is 12.5 Å². The van der Waals surface area contributed by atoms with Gasteiger partial charge in [-0.15, -0.1) is 0 Å². The van der Waals surface area contributed by atoms with Gasteiger partial charge in [-0.3, -0.25) is 0 Å². The van der Waals surface area contributed by atoms with Crippen molar-refractivity contribution in [3.63, 3.8) is 0 Å². The van der Waals surface area contributed by atoms with Crippen LogP contribution in [0.4, 0.5) is 0 Å². The zero-order valence-corrected chi connectivity index (χ0v) is 12.6. The smallest absolute Gasteiger partial charge is 0.169 e. The molecule has 3 fully saturated rings.